The first-order valence-electron chi connectivity index (χ1n) is 4.68. The van der Waals surface area contributed by atoms with Crippen LogP contribution in [0, 0.1) is 0 Å². The van der Waals surface area contributed by atoms with E-state index >= 15 is 0 Å². The van der Waals surface area contributed by atoms with Crippen molar-refractivity contribution in [1.82, 2.24) is 4.90 Å². The molecular weight excluding hydrogens is 150 g/mol. The largest absolute Gasteiger partial charge is 0.339 e. The Bertz CT molecular complexity index is 190. The van der Waals surface area contributed by atoms with Gasteiger partial charge < -0.3 is 4.90 Å². The summed E-state index contributed by atoms with van der Waals surface area (Å²) in [6, 6.07) is 0. The van der Waals surface area contributed by atoms with Crippen molar-refractivity contribution >= 4 is 5.91 Å². The first kappa shape index (κ1) is 9.30. The maximum Gasteiger partial charge on any atom is 0.249 e. The average molecular weight is 167 g/mol. The minimum Gasteiger partial charge on any atom is -0.339 e. The number of carbonyl (C=O) groups is 1. The summed E-state index contributed by atoms with van der Waals surface area (Å²) in [5.74, 6) is 0.220. The Kier molecular flexibility index (Phi) is 3.32. The summed E-state index contributed by atoms with van der Waals surface area (Å²) in [4.78, 5) is 13.5. The van der Waals surface area contributed by atoms with Crippen LogP contribution >= 0.6 is 0 Å². The molecule has 0 N–H and O–H groups in total. The lowest BCUT2D eigenvalue weighted by atomic mass is 10.1. The van der Waals surface area contributed by atoms with Crippen LogP contribution in [0.25, 0.3) is 0 Å². The third-order valence-electron chi connectivity index (χ3n) is 2.41. The van der Waals surface area contributed by atoms with Crippen LogP contribution in [0.3, 0.4) is 0 Å². The number of hydrogen-bond donors (Lipinski definition) is 0. The van der Waals surface area contributed by atoms with Gasteiger partial charge in [0.15, 0.2) is 0 Å². The molecule has 68 valence electrons. The fraction of sp³-hybridized carbons (Fsp3) is 0.700. The Morgan fingerprint density at radius 3 is 2.33 bits per heavy atom. The summed E-state index contributed by atoms with van der Waals surface area (Å²) in [5, 5.41) is 0. The third-order valence-corrected chi connectivity index (χ3v) is 2.41. The van der Waals surface area contributed by atoms with E-state index in [-0.39, 0.29) is 5.91 Å². The van der Waals surface area contributed by atoms with Gasteiger partial charge in [-0.1, -0.05) is 6.08 Å². The van der Waals surface area contributed by atoms with E-state index in [0.717, 1.165) is 18.7 Å². The first-order valence-corrected chi connectivity index (χ1v) is 4.68. The summed E-state index contributed by atoms with van der Waals surface area (Å²) >= 11 is 0. The van der Waals surface area contributed by atoms with Crippen molar-refractivity contribution in [3.8, 4) is 0 Å². The topological polar surface area (TPSA) is 20.3 Å². The SMILES string of the molecule is CC=C(C)C(=O)N1CCCCC1. The second-order valence-corrected chi connectivity index (χ2v) is 3.32. The minimum atomic E-state index is 0.220. The second-order valence-electron chi connectivity index (χ2n) is 3.32. The molecule has 1 saturated heterocycles. The van der Waals surface area contributed by atoms with Gasteiger partial charge in [-0.15, -0.1) is 0 Å². The highest BCUT2D eigenvalue weighted by atomic mass is 16.2. The fourth-order valence-electron chi connectivity index (χ4n) is 1.47. The molecule has 0 atom stereocenters. The highest BCUT2D eigenvalue weighted by Gasteiger charge is 2.16. The Morgan fingerprint density at radius 1 is 1.25 bits per heavy atom. The number of hydrogen-bond acceptors (Lipinski definition) is 1. The van der Waals surface area contributed by atoms with Gasteiger partial charge in [-0.25, -0.2) is 0 Å². The van der Waals surface area contributed by atoms with Crippen molar-refractivity contribution in [3.05, 3.63) is 11.6 Å². The lowest BCUT2D eigenvalue weighted by molar-refractivity contribution is -0.127. The van der Waals surface area contributed by atoms with Crippen molar-refractivity contribution in [1.29, 1.82) is 0 Å². The zero-order valence-corrected chi connectivity index (χ0v) is 7.97. The molecule has 2 heteroatoms. The Morgan fingerprint density at radius 2 is 1.83 bits per heavy atom. The Labute approximate surface area is 74.2 Å². The number of piperidine rings is 1. The van der Waals surface area contributed by atoms with Crippen LogP contribution in [0.5, 0.6) is 0 Å². The van der Waals surface area contributed by atoms with Gasteiger partial charge in [0.2, 0.25) is 5.91 Å². The summed E-state index contributed by atoms with van der Waals surface area (Å²) in [6.45, 7) is 5.70. The molecule has 0 unspecified atom stereocenters. The molecule has 0 bridgehead atoms. The normalized spacial score (nSPS) is 19.5. The smallest absolute Gasteiger partial charge is 0.249 e. The fourth-order valence-corrected chi connectivity index (χ4v) is 1.47. The highest BCUT2D eigenvalue weighted by Crippen LogP contribution is 2.11. The van der Waals surface area contributed by atoms with Crippen LogP contribution in [0.1, 0.15) is 33.1 Å². The zero-order chi connectivity index (χ0) is 8.97. The number of rotatable bonds is 1. The van der Waals surface area contributed by atoms with Crippen LogP contribution in [-0.4, -0.2) is 23.9 Å². The highest BCUT2D eigenvalue weighted by molar-refractivity contribution is 5.92. The van der Waals surface area contributed by atoms with E-state index in [1.54, 1.807) is 0 Å². The maximum atomic E-state index is 11.6. The number of allylic oxidation sites excluding steroid dienone is 1. The van der Waals surface area contributed by atoms with Crippen molar-refractivity contribution in [2.75, 3.05) is 13.1 Å². The molecule has 1 rings (SSSR count). The summed E-state index contributed by atoms with van der Waals surface area (Å²) in [6.07, 6.45) is 5.50. The summed E-state index contributed by atoms with van der Waals surface area (Å²) in [5.41, 5.74) is 0.872. The van der Waals surface area contributed by atoms with Gasteiger partial charge in [0.05, 0.1) is 0 Å². The van der Waals surface area contributed by atoms with Gasteiger partial charge in [0.25, 0.3) is 0 Å². The average Bonchev–Trinajstić information content (AvgIpc) is 2.17. The van der Waals surface area contributed by atoms with Crippen molar-refractivity contribution < 1.29 is 4.79 Å². The lowest BCUT2D eigenvalue weighted by Crippen LogP contribution is -2.35. The number of likely N-dealkylation sites (tertiary alicyclic amines) is 1. The molecule has 0 aromatic heterocycles. The van der Waals surface area contributed by atoms with Gasteiger partial charge in [0.1, 0.15) is 0 Å². The molecule has 2 nitrogen and oxygen atoms in total. The van der Waals surface area contributed by atoms with Crippen molar-refractivity contribution in [2.24, 2.45) is 0 Å². The molecule has 1 amide bonds. The second kappa shape index (κ2) is 4.29. The Hall–Kier alpha value is -0.790. The molecular formula is C10H17NO. The van der Waals surface area contributed by atoms with Gasteiger partial charge in [-0.05, 0) is 33.1 Å². The first-order chi connectivity index (χ1) is 5.75. The van der Waals surface area contributed by atoms with E-state index in [0.29, 0.717) is 0 Å². The van der Waals surface area contributed by atoms with Crippen LogP contribution in [0.15, 0.2) is 11.6 Å². The molecule has 0 aromatic carbocycles. The molecule has 1 aliphatic heterocycles. The molecule has 0 radical (unpaired) electrons. The van der Waals surface area contributed by atoms with Crippen LogP contribution in [0.2, 0.25) is 0 Å². The molecule has 0 saturated carbocycles. The van der Waals surface area contributed by atoms with Gasteiger partial charge in [-0.3, -0.25) is 4.79 Å². The van der Waals surface area contributed by atoms with Gasteiger partial charge in [0, 0.05) is 18.7 Å². The number of nitrogens with zero attached hydrogens (tertiary/aromatic N) is 1. The molecule has 1 heterocycles. The number of amides is 1. The standard InChI is InChI=1S/C10H17NO/c1-3-9(2)10(12)11-7-5-4-6-8-11/h3H,4-8H2,1-2H3. The van der Waals surface area contributed by atoms with E-state index < -0.39 is 0 Å². The van der Waals surface area contributed by atoms with Crippen molar-refractivity contribution in [2.45, 2.75) is 33.1 Å². The van der Waals surface area contributed by atoms with E-state index in [1.807, 2.05) is 24.8 Å². The molecule has 12 heavy (non-hydrogen) atoms. The van der Waals surface area contributed by atoms with Crippen LogP contribution in [0.4, 0.5) is 0 Å². The van der Waals surface area contributed by atoms with Gasteiger partial charge in [-0.2, -0.15) is 0 Å². The minimum absolute atomic E-state index is 0.220. The monoisotopic (exact) mass is 167 g/mol. The van der Waals surface area contributed by atoms with E-state index in [2.05, 4.69) is 0 Å². The molecule has 0 aliphatic carbocycles. The number of carbonyl (C=O) groups excluding carboxylic acids is 1. The zero-order valence-electron chi connectivity index (χ0n) is 7.97. The predicted octanol–water partition coefficient (Wildman–Crippen LogP) is 1.97. The third kappa shape index (κ3) is 2.10. The van der Waals surface area contributed by atoms with Gasteiger partial charge >= 0.3 is 0 Å². The maximum absolute atomic E-state index is 11.6. The molecule has 0 aromatic rings. The molecule has 0 spiro atoms. The molecule has 1 fully saturated rings. The van der Waals surface area contributed by atoms with E-state index in [4.69, 9.17) is 0 Å². The van der Waals surface area contributed by atoms with Crippen LogP contribution in [-0.2, 0) is 4.79 Å². The van der Waals surface area contributed by atoms with E-state index in [1.165, 1.54) is 19.3 Å². The van der Waals surface area contributed by atoms with E-state index in [9.17, 15) is 4.79 Å². The van der Waals surface area contributed by atoms with Crippen molar-refractivity contribution in [3.63, 3.8) is 0 Å². The quantitative estimate of drug-likeness (QED) is 0.547. The lowest BCUT2D eigenvalue weighted by Gasteiger charge is -2.26. The summed E-state index contributed by atoms with van der Waals surface area (Å²) in [7, 11) is 0. The predicted molar refractivity (Wildman–Crippen MR) is 49.9 cm³/mol. The Balaban J connectivity index is 2.51. The molecule has 1 aliphatic rings. The summed E-state index contributed by atoms with van der Waals surface area (Å²) < 4.78 is 0. The van der Waals surface area contributed by atoms with Crippen LogP contribution < -0.4 is 0 Å².